The van der Waals surface area contributed by atoms with E-state index in [1.807, 2.05) is 0 Å². The van der Waals surface area contributed by atoms with Gasteiger partial charge in [-0.3, -0.25) is 4.79 Å². The highest BCUT2D eigenvalue weighted by Crippen LogP contribution is 1.95. The van der Waals surface area contributed by atoms with E-state index in [9.17, 15) is 9.59 Å². The number of amides is 1. The van der Waals surface area contributed by atoms with E-state index in [2.05, 4.69) is 5.32 Å². The summed E-state index contributed by atoms with van der Waals surface area (Å²) in [5.74, 6) is -1.32. The number of carboxylic acids is 1. The molecule has 1 rings (SSSR count). The lowest BCUT2D eigenvalue weighted by Crippen LogP contribution is -2.41. The summed E-state index contributed by atoms with van der Waals surface area (Å²) in [6.45, 7) is 0.358. The summed E-state index contributed by atoms with van der Waals surface area (Å²) < 4.78 is 4.87. The van der Waals surface area contributed by atoms with Crippen LogP contribution in [0.25, 0.3) is 0 Å². The van der Waals surface area contributed by atoms with E-state index in [0.29, 0.717) is 6.61 Å². The second kappa shape index (κ2) is 3.34. The van der Waals surface area contributed by atoms with Crippen LogP contribution in [0.15, 0.2) is 0 Å². The molecule has 62 valence electrons. The van der Waals surface area contributed by atoms with Gasteiger partial charge in [0.25, 0.3) is 0 Å². The Bertz CT molecular complexity index is 179. The lowest BCUT2D eigenvalue weighted by Gasteiger charge is -2.08. The number of ether oxygens (including phenoxy) is 1. The molecule has 1 saturated heterocycles. The second-order valence-corrected chi connectivity index (χ2v) is 2.28. The van der Waals surface area contributed by atoms with Gasteiger partial charge in [0, 0.05) is 6.42 Å². The third-order valence-corrected chi connectivity index (χ3v) is 1.39. The number of aliphatic carboxylic acids is 1. The van der Waals surface area contributed by atoms with Gasteiger partial charge in [0.2, 0.25) is 5.91 Å². The van der Waals surface area contributed by atoms with Crippen LogP contribution in [0, 0.1) is 0 Å². The van der Waals surface area contributed by atoms with Crippen LogP contribution in [-0.4, -0.2) is 36.2 Å². The zero-order valence-electron chi connectivity index (χ0n) is 5.87. The van der Waals surface area contributed by atoms with Crippen molar-refractivity contribution >= 4 is 11.9 Å². The minimum absolute atomic E-state index is 0.0566. The molecule has 1 fully saturated rings. The molecule has 2 N–H and O–H groups in total. The first kappa shape index (κ1) is 8.00. The molecule has 1 aliphatic heterocycles. The van der Waals surface area contributed by atoms with Crippen LogP contribution in [0.2, 0.25) is 0 Å². The summed E-state index contributed by atoms with van der Waals surface area (Å²) in [7, 11) is 0. The first-order chi connectivity index (χ1) is 5.20. The van der Waals surface area contributed by atoms with Gasteiger partial charge in [-0.15, -0.1) is 0 Å². The van der Waals surface area contributed by atoms with Gasteiger partial charge < -0.3 is 15.2 Å². The molecule has 0 radical (unpaired) electrons. The molecule has 5 heteroatoms. The molecular weight excluding hydrogens is 150 g/mol. The topological polar surface area (TPSA) is 75.6 Å². The van der Waals surface area contributed by atoms with Crippen molar-refractivity contribution in [3.05, 3.63) is 0 Å². The van der Waals surface area contributed by atoms with Crippen LogP contribution in [-0.2, 0) is 14.3 Å². The quantitative estimate of drug-likeness (QED) is 0.513. The maximum Gasteiger partial charge on any atom is 0.328 e. The standard InChI is InChI=1S/C6H9NO4/c8-5-1-2-11-3-4(7-5)6(9)10/h4H,1-3H2,(H,7,8)(H,9,10)/t4-/m1/s1. The molecule has 0 aliphatic carbocycles. The Morgan fingerprint density at radius 2 is 2.45 bits per heavy atom. The molecule has 0 spiro atoms. The first-order valence-corrected chi connectivity index (χ1v) is 3.30. The van der Waals surface area contributed by atoms with Gasteiger partial charge in [0.1, 0.15) is 0 Å². The highest BCUT2D eigenvalue weighted by atomic mass is 16.5. The van der Waals surface area contributed by atoms with Gasteiger partial charge in [0.05, 0.1) is 13.2 Å². The van der Waals surface area contributed by atoms with Crippen molar-refractivity contribution in [1.29, 1.82) is 0 Å². The molecule has 0 bridgehead atoms. The fourth-order valence-electron chi connectivity index (χ4n) is 0.807. The van der Waals surface area contributed by atoms with Crippen molar-refractivity contribution in [2.75, 3.05) is 13.2 Å². The number of carboxylic acid groups (broad SMARTS) is 1. The van der Waals surface area contributed by atoms with Crippen molar-refractivity contribution in [3.8, 4) is 0 Å². The van der Waals surface area contributed by atoms with E-state index in [1.54, 1.807) is 0 Å². The van der Waals surface area contributed by atoms with Gasteiger partial charge in [-0.05, 0) is 0 Å². The van der Waals surface area contributed by atoms with Crippen molar-refractivity contribution in [2.24, 2.45) is 0 Å². The number of carbonyl (C=O) groups excluding carboxylic acids is 1. The Labute approximate surface area is 63.3 Å². The fraction of sp³-hybridized carbons (Fsp3) is 0.667. The lowest BCUT2D eigenvalue weighted by molar-refractivity contribution is -0.142. The maximum absolute atomic E-state index is 10.7. The van der Waals surface area contributed by atoms with E-state index >= 15 is 0 Å². The normalized spacial score (nSPS) is 25.5. The SMILES string of the molecule is O=C1CCOC[C@H](C(=O)O)N1. The summed E-state index contributed by atoms with van der Waals surface area (Å²) >= 11 is 0. The Balaban J connectivity index is 2.52. The Kier molecular flexibility index (Phi) is 2.43. The van der Waals surface area contributed by atoms with Crippen molar-refractivity contribution in [1.82, 2.24) is 5.32 Å². The first-order valence-electron chi connectivity index (χ1n) is 3.30. The molecule has 0 unspecified atom stereocenters. The van der Waals surface area contributed by atoms with E-state index in [4.69, 9.17) is 9.84 Å². The molecular formula is C6H9NO4. The number of nitrogens with one attached hydrogen (secondary N) is 1. The zero-order valence-corrected chi connectivity index (χ0v) is 5.87. The number of hydrogen-bond donors (Lipinski definition) is 2. The highest BCUT2D eigenvalue weighted by molar-refractivity contribution is 5.83. The molecule has 0 aromatic carbocycles. The summed E-state index contributed by atoms with van der Waals surface area (Å²) in [6, 6.07) is -0.884. The van der Waals surface area contributed by atoms with E-state index in [0.717, 1.165) is 0 Å². The zero-order chi connectivity index (χ0) is 8.27. The summed E-state index contributed by atoms with van der Waals surface area (Å²) in [4.78, 5) is 21.1. The van der Waals surface area contributed by atoms with Crippen molar-refractivity contribution in [3.63, 3.8) is 0 Å². The summed E-state index contributed by atoms with van der Waals surface area (Å²) in [6.07, 6.45) is 0.240. The van der Waals surface area contributed by atoms with E-state index < -0.39 is 12.0 Å². The number of hydrogen-bond acceptors (Lipinski definition) is 3. The summed E-state index contributed by atoms with van der Waals surface area (Å²) in [5, 5.41) is 10.8. The third kappa shape index (κ3) is 2.19. The Hall–Kier alpha value is -1.10. The maximum atomic E-state index is 10.7. The predicted octanol–water partition coefficient (Wildman–Crippen LogP) is -1.02. The average Bonchev–Trinajstić information content (AvgIpc) is 2.13. The third-order valence-electron chi connectivity index (χ3n) is 1.39. The Morgan fingerprint density at radius 3 is 3.09 bits per heavy atom. The minimum atomic E-state index is -1.06. The predicted molar refractivity (Wildman–Crippen MR) is 35.0 cm³/mol. The van der Waals surface area contributed by atoms with Gasteiger partial charge in [-0.25, -0.2) is 4.79 Å². The largest absolute Gasteiger partial charge is 0.480 e. The number of carbonyl (C=O) groups is 2. The average molecular weight is 159 g/mol. The molecule has 0 aromatic heterocycles. The molecule has 1 heterocycles. The molecule has 0 saturated carbocycles. The molecule has 5 nitrogen and oxygen atoms in total. The van der Waals surface area contributed by atoms with Crippen LogP contribution in [0.5, 0.6) is 0 Å². The van der Waals surface area contributed by atoms with Gasteiger partial charge >= 0.3 is 5.97 Å². The Morgan fingerprint density at radius 1 is 1.73 bits per heavy atom. The highest BCUT2D eigenvalue weighted by Gasteiger charge is 2.22. The smallest absolute Gasteiger partial charge is 0.328 e. The van der Waals surface area contributed by atoms with Crippen LogP contribution in [0.3, 0.4) is 0 Å². The van der Waals surface area contributed by atoms with Crippen molar-refractivity contribution in [2.45, 2.75) is 12.5 Å². The van der Waals surface area contributed by atoms with E-state index in [-0.39, 0.29) is 18.9 Å². The monoisotopic (exact) mass is 159 g/mol. The minimum Gasteiger partial charge on any atom is -0.480 e. The van der Waals surface area contributed by atoms with Crippen LogP contribution in [0.4, 0.5) is 0 Å². The second-order valence-electron chi connectivity index (χ2n) is 2.28. The molecule has 1 atom stereocenters. The van der Waals surface area contributed by atoms with Crippen LogP contribution in [0.1, 0.15) is 6.42 Å². The molecule has 11 heavy (non-hydrogen) atoms. The van der Waals surface area contributed by atoms with Gasteiger partial charge in [0.15, 0.2) is 6.04 Å². The fourth-order valence-corrected chi connectivity index (χ4v) is 0.807. The van der Waals surface area contributed by atoms with Gasteiger partial charge in [-0.2, -0.15) is 0 Å². The van der Waals surface area contributed by atoms with E-state index in [1.165, 1.54) is 0 Å². The van der Waals surface area contributed by atoms with Crippen molar-refractivity contribution < 1.29 is 19.4 Å². The van der Waals surface area contributed by atoms with Crippen LogP contribution >= 0.6 is 0 Å². The molecule has 0 aromatic rings. The summed E-state index contributed by atoms with van der Waals surface area (Å²) in [5.41, 5.74) is 0. The molecule has 1 amide bonds. The van der Waals surface area contributed by atoms with Gasteiger partial charge in [-0.1, -0.05) is 0 Å². The van der Waals surface area contributed by atoms with Crippen LogP contribution < -0.4 is 5.32 Å². The number of rotatable bonds is 1. The lowest BCUT2D eigenvalue weighted by atomic mass is 10.3. The molecule has 1 aliphatic rings.